The Morgan fingerprint density at radius 1 is 1.19 bits per heavy atom. The molecule has 26 heavy (non-hydrogen) atoms. The van der Waals surface area contributed by atoms with Gasteiger partial charge in [-0.05, 0) is 50.4 Å². The lowest BCUT2D eigenvalue weighted by molar-refractivity contribution is -0.136. The van der Waals surface area contributed by atoms with E-state index in [0.717, 1.165) is 43.5 Å². The van der Waals surface area contributed by atoms with Crippen molar-refractivity contribution >= 4 is 39.7 Å². The van der Waals surface area contributed by atoms with Crippen molar-refractivity contribution in [1.29, 1.82) is 0 Å². The van der Waals surface area contributed by atoms with E-state index in [9.17, 15) is 4.79 Å². The second-order valence-corrected chi connectivity index (χ2v) is 7.14. The summed E-state index contributed by atoms with van der Waals surface area (Å²) in [4.78, 5) is 16.8. The molecule has 5 heteroatoms. The first-order chi connectivity index (χ1) is 12.6. The first-order valence-electron chi connectivity index (χ1n) is 9.46. The Morgan fingerprint density at radius 3 is 2.69 bits per heavy atom. The SMILES string of the molecule is CCN(CC)C(=O)[C@H]1CCCN(C(=S)Nc2cccc3ccccc23)C1. The Labute approximate surface area is 161 Å². The third-order valence-electron chi connectivity index (χ3n) is 5.16. The van der Waals surface area contributed by atoms with Crippen LogP contribution in [0.25, 0.3) is 10.8 Å². The first kappa shape index (κ1) is 18.6. The molecule has 138 valence electrons. The maximum Gasteiger partial charge on any atom is 0.227 e. The van der Waals surface area contributed by atoms with Crippen LogP contribution in [0.2, 0.25) is 0 Å². The van der Waals surface area contributed by atoms with Gasteiger partial charge in [-0.1, -0.05) is 36.4 Å². The maximum atomic E-state index is 12.7. The zero-order chi connectivity index (χ0) is 18.5. The summed E-state index contributed by atoms with van der Waals surface area (Å²) in [7, 11) is 0. The average molecular weight is 370 g/mol. The van der Waals surface area contributed by atoms with Crippen LogP contribution in [0, 0.1) is 5.92 Å². The van der Waals surface area contributed by atoms with Crippen LogP contribution in [0.1, 0.15) is 26.7 Å². The number of nitrogens with zero attached hydrogens (tertiary/aromatic N) is 2. The van der Waals surface area contributed by atoms with Gasteiger partial charge in [0.1, 0.15) is 0 Å². The van der Waals surface area contributed by atoms with E-state index < -0.39 is 0 Å². The molecule has 1 atom stereocenters. The topological polar surface area (TPSA) is 35.6 Å². The van der Waals surface area contributed by atoms with Crippen LogP contribution < -0.4 is 5.32 Å². The summed E-state index contributed by atoms with van der Waals surface area (Å²) in [6.07, 6.45) is 1.94. The van der Waals surface area contributed by atoms with E-state index in [1.807, 2.05) is 36.9 Å². The van der Waals surface area contributed by atoms with Crippen LogP contribution in [-0.4, -0.2) is 47.0 Å². The molecule has 0 aliphatic carbocycles. The maximum absolute atomic E-state index is 12.7. The van der Waals surface area contributed by atoms with Crippen LogP contribution in [0.5, 0.6) is 0 Å². The standard InChI is InChI=1S/C21H27N3OS/c1-3-23(4-2)20(25)17-11-8-14-24(15-17)21(26)22-19-13-7-10-16-9-5-6-12-18(16)19/h5-7,9-10,12-13,17H,3-4,8,11,14-15H2,1-2H3,(H,22,26)/t17-/m0/s1. The van der Waals surface area contributed by atoms with Crippen LogP contribution in [0.15, 0.2) is 42.5 Å². The van der Waals surface area contributed by atoms with Gasteiger partial charge in [0.15, 0.2) is 5.11 Å². The normalized spacial score (nSPS) is 17.2. The number of carbonyl (C=O) groups is 1. The van der Waals surface area contributed by atoms with E-state index >= 15 is 0 Å². The van der Waals surface area contributed by atoms with Crippen molar-refractivity contribution in [3.63, 3.8) is 0 Å². The van der Waals surface area contributed by atoms with Crippen molar-refractivity contribution in [2.75, 3.05) is 31.5 Å². The van der Waals surface area contributed by atoms with Crippen molar-refractivity contribution in [2.45, 2.75) is 26.7 Å². The van der Waals surface area contributed by atoms with Gasteiger partial charge in [-0.3, -0.25) is 4.79 Å². The fourth-order valence-electron chi connectivity index (χ4n) is 3.69. The molecule has 1 saturated heterocycles. The molecule has 0 spiro atoms. The Bertz CT molecular complexity index is 782. The Hall–Kier alpha value is -2.14. The number of likely N-dealkylation sites (tertiary alicyclic amines) is 1. The van der Waals surface area contributed by atoms with Crippen LogP contribution >= 0.6 is 12.2 Å². The fourth-order valence-corrected chi connectivity index (χ4v) is 3.96. The summed E-state index contributed by atoms with van der Waals surface area (Å²) in [5.74, 6) is 0.295. The lowest BCUT2D eigenvalue weighted by Crippen LogP contribution is -2.47. The van der Waals surface area contributed by atoms with Gasteiger partial charge < -0.3 is 15.1 Å². The summed E-state index contributed by atoms with van der Waals surface area (Å²) >= 11 is 5.67. The minimum Gasteiger partial charge on any atom is -0.348 e. The molecular formula is C21H27N3OS. The average Bonchev–Trinajstić information content (AvgIpc) is 2.69. The molecule has 4 nitrogen and oxygen atoms in total. The van der Waals surface area contributed by atoms with Gasteiger partial charge >= 0.3 is 0 Å². The van der Waals surface area contributed by atoms with E-state index in [4.69, 9.17) is 12.2 Å². The number of nitrogens with one attached hydrogen (secondary N) is 1. The van der Waals surface area contributed by atoms with E-state index in [2.05, 4.69) is 34.5 Å². The highest BCUT2D eigenvalue weighted by Crippen LogP contribution is 2.25. The number of hydrogen-bond acceptors (Lipinski definition) is 2. The summed E-state index contributed by atoms with van der Waals surface area (Å²) < 4.78 is 0. The third kappa shape index (κ3) is 3.98. The second-order valence-electron chi connectivity index (χ2n) is 6.75. The van der Waals surface area contributed by atoms with E-state index in [-0.39, 0.29) is 11.8 Å². The minimum absolute atomic E-state index is 0.0379. The van der Waals surface area contributed by atoms with Crippen molar-refractivity contribution < 1.29 is 4.79 Å². The lowest BCUT2D eigenvalue weighted by Gasteiger charge is -2.36. The summed E-state index contributed by atoms with van der Waals surface area (Å²) in [6, 6.07) is 14.5. The molecule has 0 unspecified atom stereocenters. The zero-order valence-electron chi connectivity index (χ0n) is 15.6. The van der Waals surface area contributed by atoms with Gasteiger partial charge in [-0.25, -0.2) is 0 Å². The predicted octanol–water partition coefficient (Wildman–Crippen LogP) is 4.12. The van der Waals surface area contributed by atoms with E-state index in [0.29, 0.717) is 11.7 Å². The van der Waals surface area contributed by atoms with Crippen LogP contribution in [-0.2, 0) is 4.79 Å². The zero-order valence-corrected chi connectivity index (χ0v) is 16.4. The number of carbonyl (C=O) groups excluding carboxylic acids is 1. The molecule has 3 rings (SSSR count). The summed E-state index contributed by atoms with van der Waals surface area (Å²) in [5, 5.41) is 6.46. The number of rotatable bonds is 4. The van der Waals surface area contributed by atoms with Crippen molar-refractivity contribution in [1.82, 2.24) is 9.80 Å². The summed E-state index contributed by atoms with van der Waals surface area (Å²) in [6.45, 7) is 7.21. The van der Waals surface area contributed by atoms with Crippen molar-refractivity contribution in [3.05, 3.63) is 42.5 Å². The van der Waals surface area contributed by atoms with Crippen LogP contribution in [0.3, 0.4) is 0 Å². The third-order valence-corrected chi connectivity index (χ3v) is 5.52. The second kappa shape index (κ2) is 8.49. The van der Waals surface area contributed by atoms with Crippen molar-refractivity contribution in [2.24, 2.45) is 5.92 Å². The largest absolute Gasteiger partial charge is 0.348 e. The highest BCUT2D eigenvalue weighted by Gasteiger charge is 2.29. The summed E-state index contributed by atoms with van der Waals surface area (Å²) in [5.41, 5.74) is 1.02. The van der Waals surface area contributed by atoms with E-state index in [1.54, 1.807) is 0 Å². The number of amides is 1. The highest BCUT2D eigenvalue weighted by molar-refractivity contribution is 7.80. The molecular weight excluding hydrogens is 342 g/mol. The Morgan fingerprint density at radius 2 is 1.92 bits per heavy atom. The molecule has 1 N–H and O–H groups in total. The highest BCUT2D eigenvalue weighted by atomic mass is 32.1. The fraction of sp³-hybridized carbons (Fsp3) is 0.429. The van der Waals surface area contributed by atoms with Gasteiger partial charge in [0.05, 0.1) is 5.92 Å². The first-order valence-corrected chi connectivity index (χ1v) is 9.87. The lowest BCUT2D eigenvalue weighted by atomic mass is 9.96. The molecule has 1 fully saturated rings. The van der Waals surface area contributed by atoms with Crippen molar-refractivity contribution in [3.8, 4) is 0 Å². The number of anilines is 1. The minimum atomic E-state index is 0.0379. The molecule has 0 aromatic heterocycles. The predicted molar refractivity (Wildman–Crippen MR) is 112 cm³/mol. The number of hydrogen-bond donors (Lipinski definition) is 1. The van der Waals surface area contributed by atoms with Gasteiger partial charge in [0, 0.05) is 37.3 Å². The van der Waals surface area contributed by atoms with Gasteiger partial charge in [0.25, 0.3) is 0 Å². The molecule has 1 heterocycles. The monoisotopic (exact) mass is 369 g/mol. The van der Waals surface area contributed by atoms with E-state index in [1.165, 1.54) is 5.39 Å². The molecule has 0 radical (unpaired) electrons. The van der Waals surface area contributed by atoms with Crippen LogP contribution in [0.4, 0.5) is 5.69 Å². The molecule has 1 amide bonds. The molecule has 0 bridgehead atoms. The smallest absolute Gasteiger partial charge is 0.227 e. The molecule has 1 aliphatic rings. The number of benzene rings is 2. The number of fused-ring (bicyclic) bond motifs is 1. The Balaban J connectivity index is 1.70. The molecule has 2 aromatic carbocycles. The molecule has 2 aromatic rings. The quantitative estimate of drug-likeness (QED) is 0.823. The molecule has 1 aliphatic heterocycles. The van der Waals surface area contributed by atoms with Gasteiger partial charge in [-0.15, -0.1) is 0 Å². The Kier molecular flexibility index (Phi) is 6.09. The number of thiocarbonyl (C=S) groups is 1. The van der Waals surface area contributed by atoms with Gasteiger partial charge in [-0.2, -0.15) is 0 Å². The van der Waals surface area contributed by atoms with Gasteiger partial charge in [0.2, 0.25) is 5.91 Å². The number of piperidine rings is 1. The molecule has 0 saturated carbocycles.